The highest BCUT2D eigenvalue weighted by molar-refractivity contribution is 7.15. The summed E-state index contributed by atoms with van der Waals surface area (Å²) in [5.41, 5.74) is 3.48. The Morgan fingerprint density at radius 3 is 3.05 bits per heavy atom. The first kappa shape index (κ1) is 14.0. The monoisotopic (exact) mass is 281 g/mol. The molecular weight excluding hydrogens is 262 g/mol. The summed E-state index contributed by atoms with van der Waals surface area (Å²) in [5, 5.41) is 5.47. The van der Waals surface area contributed by atoms with E-state index in [-0.39, 0.29) is 5.97 Å². The molecule has 6 heteroatoms. The Balaban J connectivity index is 1.89. The lowest BCUT2D eigenvalue weighted by molar-refractivity contribution is -0.140. The quantitative estimate of drug-likeness (QED) is 0.650. The Morgan fingerprint density at radius 1 is 1.53 bits per heavy atom. The first-order valence-corrected chi connectivity index (χ1v) is 7.21. The highest BCUT2D eigenvalue weighted by Crippen LogP contribution is 2.20. The summed E-state index contributed by atoms with van der Waals surface area (Å²) in [7, 11) is 1.42. The van der Waals surface area contributed by atoms with Gasteiger partial charge in [-0.2, -0.15) is 0 Å². The fourth-order valence-corrected chi connectivity index (χ4v) is 2.97. The minimum atomic E-state index is -0.154. The van der Waals surface area contributed by atoms with Crippen molar-refractivity contribution in [1.29, 1.82) is 0 Å². The molecule has 0 unspecified atom stereocenters. The van der Waals surface area contributed by atoms with E-state index in [1.165, 1.54) is 18.5 Å². The Labute approximate surface area is 116 Å². The van der Waals surface area contributed by atoms with Gasteiger partial charge in [-0.1, -0.05) is 0 Å². The number of methoxy groups -OCH3 is 1. The number of nitrogens with zero attached hydrogens (tertiary/aromatic N) is 2. The van der Waals surface area contributed by atoms with E-state index < -0.39 is 0 Å². The molecule has 0 aromatic carbocycles. The maximum atomic E-state index is 11.0. The van der Waals surface area contributed by atoms with Gasteiger partial charge in [-0.3, -0.25) is 9.20 Å². The number of thiazole rings is 1. The molecule has 0 radical (unpaired) electrons. The molecule has 0 spiro atoms. The van der Waals surface area contributed by atoms with Crippen LogP contribution in [0.5, 0.6) is 0 Å². The zero-order valence-corrected chi connectivity index (χ0v) is 12.3. The van der Waals surface area contributed by atoms with Crippen molar-refractivity contribution in [3.63, 3.8) is 0 Å². The van der Waals surface area contributed by atoms with E-state index >= 15 is 0 Å². The number of carbonyl (C=O) groups is 1. The molecule has 2 aromatic heterocycles. The fraction of sp³-hybridized carbons (Fsp3) is 0.538. The highest BCUT2D eigenvalue weighted by atomic mass is 32.1. The van der Waals surface area contributed by atoms with Crippen LogP contribution >= 0.6 is 11.3 Å². The van der Waals surface area contributed by atoms with Gasteiger partial charge in [0, 0.05) is 24.0 Å². The molecule has 104 valence electrons. The molecule has 0 fully saturated rings. The molecule has 1 N–H and O–H groups in total. The minimum Gasteiger partial charge on any atom is -0.469 e. The first-order chi connectivity index (χ1) is 9.13. The number of nitrogens with one attached hydrogen (secondary N) is 1. The minimum absolute atomic E-state index is 0.154. The van der Waals surface area contributed by atoms with Crippen LogP contribution in [0.3, 0.4) is 0 Å². The predicted octanol–water partition coefficient (Wildman–Crippen LogP) is 2.06. The van der Waals surface area contributed by atoms with Crippen LogP contribution < -0.4 is 5.32 Å². The molecule has 0 saturated heterocycles. The molecule has 0 aliphatic heterocycles. The van der Waals surface area contributed by atoms with E-state index in [9.17, 15) is 4.79 Å². The third-order valence-corrected chi connectivity index (χ3v) is 4.03. The molecule has 0 amide bonds. The molecule has 0 aliphatic rings. The third kappa shape index (κ3) is 3.13. The van der Waals surface area contributed by atoms with Crippen molar-refractivity contribution < 1.29 is 9.53 Å². The van der Waals surface area contributed by atoms with Crippen LogP contribution in [0, 0.1) is 13.8 Å². The average molecular weight is 281 g/mol. The van der Waals surface area contributed by atoms with Gasteiger partial charge in [0.2, 0.25) is 0 Å². The zero-order chi connectivity index (χ0) is 13.8. The van der Waals surface area contributed by atoms with Gasteiger partial charge in [0.1, 0.15) is 0 Å². The van der Waals surface area contributed by atoms with Crippen molar-refractivity contribution in [3.05, 3.63) is 22.5 Å². The molecule has 0 saturated carbocycles. The fourth-order valence-electron chi connectivity index (χ4n) is 2.04. The number of rotatable bonds is 6. The summed E-state index contributed by atoms with van der Waals surface area (Å²) >= 11 is 1.66. The standard InChI is InChI=1S/C13H19N3O2S/c1-9-8-19-13-15-10(2)11(16(9)13)7-14-6-4-5-12(17)18-3/h8,14H,4-7H2,1-3H3. The summed E-state index contributed by atoms with van der Waals surface area (Å²) in [5.74, 6) is -0.154. The van der Waals surface area contributed by atoms with E-state index in [1.54, 1.807) is 11.3 Å². The van der Waals surface area contributed by atoms with Crippen molar-refractivity contribution >= 4 is 22.3 Å². The summed E-state index contributed by atoms with van der Waals surface area (Å²) in [6.45, 7) is 5.69. The van der Waals surface area contributed by atoms with Gasteiger partial charge in [0.15, 0.2) is 4.96 Å². The number of hydrogen-bond acceptors (Lipinski definition) is 5. The number of fused-ring (bicyclic) bond motifs is 1. The predicted molar refractivity (Wildman–Crippen MR) is 75.5 cm³/mol. The van der Waals surface area contributed by atoms with Gasteiger partial charge in [-0.15, -0.1) is 11.3 Å². The van der Waals surface area contributed by atoms with Crippen molar-refractivity contribution in [2.24, 2.45) is 0 Å². The zero-order valence-electron chi connectivity index (χ0n) is 11.5. The topological polar surface area (TPSA) is 55.6 Å². The highest BCUT2D eigenvalue weighted by Gasteiger charge is 2.11. The molecule has 2 heterocycles. The second-order valence-electron chi connectivity index (χ2n) is 4.50. The molecule has 2 rings (SSSR count). The number of hydrogen-bond donors (Lipinski definition) is 1. The van der Waals surface area contributed by atoms with Gasteiger partial charge in [0.25, 0.3) is 0 Å². The maximum absolute atomic E-state index is 11.0. The molecule has 19 heavy (non-hydrogen) atoms. The Morgan fingerprint density at radius 2 is 2.32 bits per heavy atom. The summed E-state index contributed by atoms with van der Waals surface area (Å²) in [6.07, 6.45) is 1.25. The smallest absolute Gasteiger partial charge is 0.305 e. The van der Waals surface area contributed by atoms with Crippen LogP contribution in [0.1, 0.15) is 29.9 Å². The van der Waals surface area contributed by atoms with E-state index in [0.717, 1.165) is 30.2 Å². The number of imidazole rings is 1. The summed E-state index contributed by atoms with van der Waals surface area (Å²) in [4.78, 5) is 16.6. The van der Waals surface area contributed by atoms with Crippen LogP contribution in [0.4, 0.5) is 0 Å². The van der Waals surface area contributed by atoms with Gasteiger partial charge in [-0.05, 0) is 26.8 Å². The first-order valence-electron chi connectivity index (χ1n) is 6.33. The van der Waals surface area contributed by atoms with Crippen LogP contribution in [-0.2, 0) is 16.1 Å². The van der Waals surface area contributed by atoms with Gasteiger partial charge in [0.05, 0.1) is 18.5 Å². The Kier molecular flexibility index (Phi) is 4.55. The van der Waals surface area contributed by atoms with Crippen molar-refractivity contribution in [2.45, 2.75) is 33.2 Å². The van der Waals surface area contributed by atoms with E-state index in [1.807, 2.05) is 6.92 Å². The van der Waals surface area contributed by atoms with Crippen LogP contribution in [0.15, 0.2) is 5.38 Å². The molecular formula is C13H19N3O2S. The second kappa shape index (κ2) is 6.16. The third-order valence-electron chi connectivity index (χ3n) is 3.08. The number of esters is 1. The molecule has 0 bridgehead atoms. The SMILES string of the molecule is COC(=O)CCCNCc1c(C)nc2scc(C)n12. The van der Waals surface area contributed by atoms with Crippen LogP contribution in [-0.4, -0.2) is 29.0 Å². The van der Waals surface area contributed by atoms with E-state index in [4.69, 9.17) is 0 Å². The Bertz CT molecular complexity index is 574. The number of carbonyl (C=O) groups excluding carboxylic acids is 1. The summed E-state index contributed by atoms with van der Waals surface area (Å²) < 4.78 is 6.79. The molecule has 0 atom stereocenters. The number of ether oxygens (including phenoxy) is 1. The van der Waals surface area contributed by atoms with Crippen LogP contribution in [0.2, 0.25) is 0 Å². The van der Waals surface area contributed by atoms with Crippen molar-refractivity contribution in [2.75, 3.05) is 13.7 Å². The second-order valence-corrected chi connectivity index (χ2v) is 5.33. The lowest BCUT2D eigenvalue weighted by Gasteiger charge is -2.05. The van der Waals surface area contributed by atoms with Gasteiger partial charge in [-0.25, -0.2) is 4.98 Å². The van der Waals surface area contributed by atoms with Crippen molar-refractivity contribution in [3.8, 4) is 0 Å². The number of aryl methyl sites for hydroxylation is 2. The normalized spacial score (nSPS) is 11.1. The molecule has 5 nitrogen and oxygen atoms in total. The lowest BCUT2D eigenvalue weighted by atomic mass is 10.3. The average Bonchev–Trinajstić information content (AvgIpc) is 2.89. The molecule has 0 aliphatic carbocycles. The Hall–Kier alpha value is -1.40. The largest absolute Gasteiger partial charge is 0.469 e. The van der Waals surface area contributed by atoms with Crippen molar-refractivity contribution in [1.82, 2.24) is 14.7 Å². The van der Waals surface area contributed by atoms with E-state index in [0.29, 0.717) is 6.42 Å². The van der Waals surface area contributed by atoms with Gasteiger partial charge < -0.3 is 10.1 Å². The van der Waals surface area contributed by atoms with Gasteiger partial charge >= 0.3 is 5.97 Å². The summed E-state index contributed by atoms with van der Waals surface area (Å²) in [6, 6.07) is 0. The molecule has 2 aromatic rings. The lowest BCUT2D eigenvalue weighted by Crippen LogP contribution is -2.18. The van der Waals surface area contributed by atoms with E-state index in [2.05, 4.69) is 31.7 Å². The maximum Gasteiger partial charge on any atom is 0.305 e. The van der Waals surface area contributed by atoms with Crippen LogP contribution in [0.25, 0.3) is 4.96 Å². The number of aromatic nitrogens is 2.